The molecular weight excluding hydrogens is 394 g/mol. The third-order valence-corrected chi connectivity index (χ3v) is 6.74. The zero-order valence-corrected chi connectivity index (χ0v) is 17.8. The van der Waals surface area contributed by atoms with E-state index in [9.17, 15) is 9.00 Å². The van der Waals surface area contributed by atoms with E-state index in [0.29, 0.717) is 26.1 Å². The van der Waals surface area contributed by atoms with Crippen LogP contribution in [-0.2, 0) is 20.3 Å². The molecule has 0 spiro atoms. The van der Waals surface area contributed by atoms with E-state index >= 15 is 0 Å². The number of halogens is 1. The quantitative estimate of drug-likeness (QED) is 0.727. The molecule has 146 valence electrons. The molecule has 0 aliphatic carbocycles. The van der Waals surface area contributed by atoms with Gasteiger partial charge in [0.05, 0.1) is 34.3 Å². The van der Waals surface area contributed by atoms with Crippen molar-refractivity contribution in [2.24, 2.45) is 0 Å². The number of nitrogens with one attached hydrogen (secondary N) is 1. The zero-order chi connectivity index (χ0) is 20.4. The first-order valence-corrected chi connectivity index (χ1v) is 10.4. The maximum Gasteiger partial charge on any atom is 0.336 e. The molecule has 3 rings (SSSR count). The Morgan fingerprint density at radius 3 is 2.29 bits per heavy atom. The number of aryl methyl sites for hydroxylation is 1. The van der Waals surface area contributed by atoms with Crippen LogP contribution in [0.25, 0.3) is 0 Å². The number of dihydropyridines is 1. The van der Waals surface area contributed by atoms with Gasteiger partial charge in [0.2, 0.25) is 0 Å². The molecule has 0 bridgehead atoms. The van der Waals surface area contributed by atoms with E-state index < -0.39 is 22.7 Å². The fraction of sp³-hybridized carbons (Fsp3) is 0.227. The lowest BCUT2D eigenvalue weighted by Gasteiger charge is -2.31. The van der Waals surface area contributed by atoms with Crippen molar-refractivity contribution in [3.05, 3.63) is 86.6 Å². The first-order chi connectivity index (χ1) is 13.3. The van der Waals surface area contributed by atoms with Crippen molar-refractivity contribution in [2.45, 2.75) is 31.6 Å². The van der Waals surface area contributed by atoms with Crippen LogP contribution in [0.15, 0.2) is 75.3 Å². The average molecular weight is 416 g/mol. The summed E-state index contributed by atoms with van der Waals surface area (Å²) in [6, 6.07) is 14.8. The molecule has 2 aromatic rings. The first kappa shape index (κ1) is 20.4. The van der Waals surface area contributed by atoms with E-state index in [1.165, 1.54) is 7.11 Å². The van der Waals surface area contributed by atoms with Crippen molar-refractivity contribution in [2.75, 3.05) is 7.11 Å². The summed E-state index contributed by atoms with van der Waals surface area (Å²) in [5.74, 6) is -1.04. The fourth-order valence-corrected chi connectivity index (χ4v) is 5.07. The molecule has 2 aromatic carbocycles. The Morgan fingerprint density at radius 2 is 1.68 bits per heavy atom. The van der Waals surface area contributed by atoms with Crippen molar-refractivity contribution in [1.82, 2.24) is 5.32 Å². The number of methoxy groups -OCH3 is 1. The normalized spacial score (nSPS) is 18.0. The highest BCUT2D eigenvalue weighted by atomic mass is 35.5. The Bertz CT molecular complexity index is 1010. The van der Waals surface area contributed by atoms with Gasteiger partial charge in [-0.25, -0.2) is 9.00 Å². The maximum atomic E-state index is 13.6. The summed E-state index contributed by atoms with van der Waals surface area (Å²) in [7, 11) is -0.143. The minimum Gasteiger partial charge on any atom is -0.466 e. The van der Waals surface area contributed by atoms with Crippen molar-refractivity contribution in [1.29, 1.82) is 0 Å². The number of allylic oxidation sites excluding steroid dienone is 3. The number of hydrogen-bond donors (Lipinski definition) is 1. The highest BCUT2D eigenvalue weighted by Crippen LogP contribution is 2.43. The van der Waals surface area contributed by atoms with Crippen LogP contribution in [0.2, 0.25) is 5.02 Å². The van der Waals surface area contributed by atoms with Gasteiger partial charge in [-0.15, -0.1) is 0 Å². The minimum absolute atomic E-state index is 0.414. The summed E-state index contributed by atoms with van der Waals surface area (Å²) in [6.07, 6.45) is 0. The van der Waals surface area contributed by atoms with E-state index in [4.69, 9.17) is 16.3 Å². The van der Waals surface area contributed by atoms with Crippen LogP contribution < -0.4 is 5.32 Å². The van der Waals surface area contributed by atoms with Gasteiger partial charge in [0, 0.05) is 21.3 Å². The van der Waals surface area contributed by atoms with Crippen molar-refractivity contribution < 1.29 is 13.7 Å². The van der Waals surface area contributed by atoms with E-state index in [1.54, 1.807) is 6.07 Å². The molecule has 0 unspecified atom stereocenters. The van der Waals surface area contributed by atoms with Gasteiger partial charge in [-0.3, -0.25) is 0 Å². The number of carbonyl (C=O) groups is 1. The third-order valence-electron chi connectivity index (χ3n) is 4.76. The lowest BCUT2D eigenvalue weighted by Crippen LogP contribution is -2.30. The Balaban J connectivity index is 2.22. The number of rotatable bonds is 4. The molecule has 1 aliphatic heterocycles. The van der Waals surface area contributed by atoms with Crippen LogP contribution >= 0.6 is 11.6 Å². The van der Waals surface area contributed by atoms with E-state index in [-0.39, 0.29) is 0 Å². The van der Waals surface area contributed by atoms with Gasteiger partial charge in [-0.2, -0.15) is 0 Å². The molecule has 0 saturated carbocycles. The summed E-state index contributed by atoms with van der Waals surface area (Å²) < 4.78 is 18.6. The number of esters is 1. The van der Waals surface area contributed by atoms with E-state index in [0.717, 1.165) is 16.8 Å². The van der Waals surface area contributed by atoms with Crippen LogP contribution in [0, 0.1) is 6.92 Å². The maximum absolute atomic E-state index is 13.6. The molecule has 0 amide bonds. The molecular formula is C22H22ClNO3S. The first-order valence-electron chi connectivity index (χ1n) is 8.85. The summed E-state index contributed by atoms with van der Waals surface area (Å²) in [5.41, 5.74) is 3.63. The Kier molecular flexibility index (Phi) is 6.06. The second-order valence-corrected chi connectivity index (χ2v) is 8.54. The topological polar surface area (TPSA) is 55.4 Å². The van der Waals surface area contributed by atoms with Gasteiger partial charge in [0.15, 0.2) is 0 Å². The van der Waals surface area contributed by atoms with E-state index in [1.807, 2.05) is 63.2 Å². The molecule has 28 heavy (non-hydrogen) atoms. The van der Waals surface area contributed by atoms with Crippen LogP contribution in [0.1, 0.15) is 30.9 Å². The summed E-state index contributed by atoms with van der Waals surface area (Å²) in [5, 5.41) is 3.71. The minimum atomic E-state index is -1.48. The Morgan fingerprint density at radius 1 is 1.04 bits per heavy atom. The van der Waals surface area contributed by atoms with Gasteiger partial charge >= 0.3 is 5.97 Å². The second kappa shape index (κ2) is 8.33. The molecule has 0 radical (unpaired) electrons. The third kappa shape index (κ3) is 3.77. The van der Waals surface area contributed by atoms with Crippen LogP contribution in [0.4, 0.5) is 0 Å². The molecule has 4 nitrogen and oxygen atoms in total. The highest BCUT2D eigenvalue weighted by molar-refractivity contribution is 7.89. The Labute approximate surface area is 172 Å². The summed E-state index contributed by atoms with van der Waals surface area (Å²) in [4.78, 5) is 13.9. The molecule has 1 heterocycles. The Hall–Kier alpha value is -2.37. The number of benzene rings is 2. The largest absolute Gasteiger partial charge is 0.466 e. The molecule has 0 fully saturated rings. The van der Waals surface area contributed by atoms with Gasteiger partial charge in [-0.05, 0) is 44.5 Å². The molecule has 1 aliphatic rings. The van der Waals surface area contributed by atoms with Crippen molar-refractivity contribution in [3.63, 3.8) is 0 Å². The van der Waals surface area contributed by atoms with Gasteiger partial charge < -0.3 is 10.1 Å². The van der Waals surface area contributed by atoms with Gasteiger partial charge in [-0.1, -0.05) is 47.5 Å². The molecule has 2 atom stereocenters. The lowest BCUT2D eigenvalue weighted by atomic mass is 9.86. The molecule has 0 aromatic heterocycles. The zero-order valence-electron chi connectivity index (χ0n) is 16.2. The number of carbonyl (C=O) groups excluding carboxylic acids is 1. The predicted molar refractivity (Wildman–Crippen MR) is 112 cm³/mol. The monoisotopic (exact) mass is 415 g/mol. The molecule has 6 heteroatoms. The van der Waals surface area contributed by atoms with E-state index in [2.05, 4.69) is 5.32 Å². The highest BCUT2D eigenvalue weighted by Gasteiger charge is 2.37. The summed E-state index contributed by atoms with van der Waals surface area (Å²) >= 11 is 6.49. The number of ether oxygens (including phenoxy) is 1. The standard InChI is InChI=1S/C22H22ClNO3S/c1-13-9-11-16(12-10-13)28(26)21-15(3)24-14(2)19(22(25)27-4)20(21)17-7-5-6-8-18(17)23/h5-12,20,24H,1-4H3/t20-,28-/m0/s1. The smallest absolute Gasteiger partial charge is 0.336 e. The average Bonchev–Trinajstić information content (AvgIpc) is 2.67. The molecule has 0 saturated heterocycles. The predicted octanol–water partition coefficient (Wildman–Crippen LogP) is 4.82. The fourth-order valence-electron chi connectivity index (χ4n) is 3.40. The molecule has 1 N–H and O–H groups in total. The van der Waals surface area contributed by atoms with Crippen LogP contribution in [-0.4, -0.2) is 17.3 Å². The van der Waals surface area contributed by atoms with Crippen LogP contribution in [0.5, 0.6) is 0 Å². The van der Waals surface area contributed by atoms with Gasteiger partial charge in [0.1, 0.15) is 0 Å². The number of hydrogen-bond acceptors (Lipinski definition) is 4. The summed E-state index contributed by atoms with van der Waals surface area (Å²) in [6.45, 7) is 5.65. The van der Waals surface area contributed by atoms with Crippen molar-refractivity contribution >= 4 is 28.4 Å². The van der Waals surface area contributed by atoms with Crippen LogP contribution in [0.3, 0.4) is 0 Å². The SMILES string of the molecule is COC(=O)C1=C(C)NC(C)=C([S@@](=O)c2ccc(C)cc2)[C@H]1c1ccccc1Cl. The van der Waals surface area contributed by atoms with Crippen molar-refractivity contribution in [3.8, 4) is 0 Å². The lowest BCUT2D eigenvalue weighted by molar-refractivity contribution is -0.136. The van der Waals surface area contributed by atoms with Gasteiger partial charge in [0.25, 0.3) is 0 Å². The second-order valence-electron chi connectivity index (χ2n) is 6.68.